The average Bonchev–Trinajstić information content (AvgIpc) is 3.32. The Bertz CT molecular complexity index is 1110. The highest BCUT2D eigenvalue weighted by atomic mass is 15.2. The van der Waals surface area contributed by atoms with Crippen molar-refractivity contribution in [1.82, 2.24) is 4.57 Å². The van der Waals surface area contributed by atoms with Crippen LogP contribution in [-0.4, -0.2) is 4.57 Å². The van der Waals surface area contributed by atoms with Crippen LogP contribution < -0.4 is 4.57 Å². The smallest absolute Gasteiger partial charge is 0.227 e. The Balaban J connectivity index is 2.02. The van der Waals surface area contributed by atoms with Gasteiger partial charge in [0, 0.05) is 11.1 Å². The third kappa shape index (κ3) is 5.48. The number of imidazole rings is 1. The number of nitrogens with zero attached hydrogens (tertiary/aromatic N) is 2. The summed E-state index contributed by atoms with van der Waals surface area (Å²) in [4.78, 5) is 0. The molecule has 2 aromatic carbocycles. The van der Waals surface area contributed by atoms with E-state index in [1.807, 2.05) is 0 Å². The third-order valence-electron chi connectivity index (χ3n) is 8.74. The van der Waals surface area contributed by atoms with Crippen LogP contribution in [0.4, 0.5) is 0 Å². The number of benzene rings is 2. The zero-order chi connectivity index (χ0) is 25.7. The van der Waals surface area contributed by atoms with Crippen molar-refractivity contribution >= 4 is 0 Å². The van der Waals surface area contributed by atoms with Crippen LogP contribution in [0.15, 0.2) is 54.9 Å². The Morgan fingerprint density at radius 2 is 1.58 bits per heavy atom. The maximum Gasteiger partial charge on any atom is 0.294 e. The standard InChI is InChI=1S/C34H49N2/c1-7-15-28(16-8-2)31-21-14-22-32(29-18-10-9-11-19-29)33(31)36-24-23-35(27(6)25(3)4)34(36)30-20-13-12-17-26(30)5/h12-14,17,20-25,27-29H,7-11,15-16,18-19H2,1-6H3/q+1. The van der Waals surface area contributed by atoms with Crippen LogP contribution in [0.2, 0.25) is 0 Å². The molecule has 2 nitrogen and oxygen atoms in total. The van der Waals surface area contributed by atoms with Crippen LogP contribution in [0.3, 0.4) is 0 Å². The molecule has 1 saturated carbocycles. The maximum atomic E-state index is 2.60. The van der Waals surface area contributed by atoms with Gasteiger partial charge in [-0.1, -0.05) is 96.2 Å². The first-order valence-corrected chi connectivity index (χ1v) is 14.8. The van der Waals surface area contributed by atoms with Gasteiger partial charge in [-0.3, -0.25) is 0 Å². The van der Waals surface area contributed by atoms with Crippen LogP contribution in [0.1, 0.15) is 127 Å². The maximum absolute atomic E-state index is 2.60. The topological polar surface area (TPSA) is 8.81 Å². The summed E-state index contributed by atoms with van der Waals surface area (Å²) in [5.41, 5.74) is 7.33. The minimum absolute atomic E-state index is 0.424. The highest BCUT2D eigenvalue weighted by molar-refractivity contribution is 5.63. The zero-order valence-electron chi connectivity index (χ0n) is 23.8. The molecule has 1 fully saturated rings. The second-order valence-electron chi connectivity index (χ2n) is 11.6. The summed E-state index contributed by atoms with van der Waals surface area (Å²) in [6.07, 6.45) is 16.5. The molecule has 0 aliphatic heterocycles. The van der Waals surface area contributed by atoms with Crippen molar-refractivity contribution in [2.45, 2.75) is 117 Å². The number of para-hydroxylation sites is 1. The van der Waals surface area contributed by atoms with E-state index in [1.54, 1.807) is 11.1 Å². The van der Waals surface area contributed by atoms with Gasteiger partial charge in [0.15, 0.2) is 0 Å². The van der Waals surface area contributed by atoms with Gasteiger partial charge in [0.2, 0.25) is 0 Å². The quantitative estimate of drug-likeness (QED) is 0.253. The van der Waals surface area contributed by atoms with E-state index in [2.05, 4.69) is 106 Å². The number of aromatic nitrogens is 2. The fraction of sp³-hybridized carbons (Fsp3) is 0.559. The van der Waals surface area contributed by atoms with E-state index in [4.69, 9.17) is 0 Å². The molecule has 1 aliphatic carbocycles. The highest BCUT2D eigenvalue weighted by Gasteiger charge is 2.32. The summed E-state index contributed by atoms with van der Waals surface area (Å²) in [5, 5.41) is 0. The molecular formula is C34H49N2+. The van der Waals surface area contributed by atoms with Gasteiger partial charge in [-0.25, -0.2) is 4.57 Å². The molecule has 0 radical (unpaired) electrons. The van der Waals surface area contributed by atoms with Crippen molar-refractivity contribution in [1.29, 1.82) is 0 Å². The summed E-state index contributed by atoms with van der Waals surface area (Å²) in [6, 6.07) is 16.7. The summed E-state index contributed by atoms with van der Waals surface area (Å²) in [6.45, 7) is 14.0. The molecular weight excluding hydrogens is 436 g/mol. The van der Waals surface area contributed by atoms with E-state index in [0.717, 1.165) is 0 Å². The number of rotatable bonds is 10. The second kappa shape index (κ2) is 12.3. The van der Waals surface area contributed by atoms with E-state index in [1.165, 1.54) is 80.4 Å². The monoisotopic (exact) mass is 485 g/mol. The zero-order valence-corrected chi connectivity index (χ0v) is 23.8. The molecule has 36 heavy (non-hydrogen) atoms. The Hall–Kier alpha value is -2.35. The van der Waals surface area contributed by atoms with Crippen molar-refractivity contribution in [2.24, 2.45) is 5.92 Å². The summed E-state index contributed by atoms with van der Waals surface area (Å²) >= 11 is 0. The fourth-order valence-electron chi connectivity index (χ4n) is 6.41. The Morgan fingerprint density at radius 3 is 2.22 bits per heavy atom. The van der Waals surface area contributed by atoms with Gasteiger partial charge >= 0.3 is 0 Å². The van der Waals surface area contributed by atoms with E-state index in [-0.39, 0.29) is 0 Å². The van der Waals surface area contributed by atoms with Crippen molar-refractivity contribution in [3.8, 4) is 17.1 Å². The molecule has 194 valence electrons. The van der Waals surface area contributed by atoms with Crippen molar-refractivity contribution in [3.63, 3.8) is 0 Å². The first kappa shape index (κ1) is 26.7. The molecule has 1 unspecified atom stereocenters. The lowest BCUT2D eigenvalue weighted by Gasteiger charge is -2.27. The van der Waals surface area contributed by atoms with Crippen LogP contribution in [0.5, 0.6) is 0 Å². The lowest BCUT2D eigenvalue weighted by molar-refractivity contribution is -0.714. The second-order valence-corrected chi connectivity index (χ2v) is 11.6. The lowest BCUT2D eigenvalue weighted by atomic mass is 9.80. The fourth-order valence-corrected chi connectivity index (χ4v) is 6.41. The van der Waals surface area contributed by atoms with Gasteiger partial charge in [0.1, 0.15) is 24.1 Å². The molecule has 4 rings (SSSR count). The first-order chi connectivity index (χ1) is 17.5. The van der Waals surface area contributed by atoms with E-state index >= 15 is 0 Å². The van der Waals surface area contributed by atoms with E-state index < -0.39 is 0 Å². The molecule has 0 N–H and O–H groups in total. The lowest BCUT2D eigenvalue weighted by Crippen LogP contribution is -2.41. The van der Waals surface area contributed by atoms with Crippen LogP contribution in [-0.2, 0) is 0 Å². The van der Waals surface area contributed by atoms with Gasteiger partial charge < -0.3 is 0 Å². The van der Waals surface area contributed by atoms with Crippen molar-refractivity contribution in [3.05, 3.63) is 71.5 Å². The van der Waals surface area contributed by atoms with Crippen LogP contribution in [0.25, 0.3) is 17.1 Å². The molecule has 2 heteroatoms. The normalized spacial score (nSPS) is 15.7. The van der Waals surface area contributed by atoms with Gasteiger partial charge in [-0.2, -0.15) is 4.57 Å². The Kier molecular flexibility index (Phi) is 9.09. The molecule has 0 amide bonds. The largest absolute Gasteiger partial charge is 0.294 e. The molecule has 0 bridgehead atoms. The third-order valence-corrected chi connectivity index (χ3v) is 8.74. The van der Waals surface area contributed by atoms with Crippen molar-refractivity contribution in [2.75, 3.05) is 0 Å². The molecule has 1 heterocycles. The Morgan fingerprint density at radius 1 is 0.889 bits per heavy atom. The van der Waals surface area contributed by atoms with Gasteiger partial charge in [-0.05, 0) is 68.9 Å². The molecule has 0 saturated heterocycles. The molecule has 0 spiro atoms. The number of aryl methyl sites for hydroxylation is 1. The minimum atomic E-state index is 0.424. The Labute approximate surface area is 220 Å². The molecule has 1 aliphatic rings. The molecule has 3 aromatic rings. The van der Waals surface area contributed by atoms with Crippen LogP contribution in [0, 0.1) is 12.8 Å². The first-order valence-electron chi connectivity index (χ1n) is 14.8. The minimum Gasteiger partial charge on any atom is -0.227 e. The summed E-state index contributed by atoms with van der Waals surface area (Å²) in [5.74, 6) is 3.18. The van der Waals surface area contributed by atoms with Crippen LogP contribution >= 0.6 is 0 Å². The summed E-state index contributed by atoms with van der Waals surface area (Å²) in [7, 11) is 0. The predicted octanol–water partition coefficient (Wildman–Crippen LogP) is 9.69. The molecule has 1 aromatic heterocycles. The molecule has 1 atom stereocenters. The van der Waals surface area contributed by atoms with Crippen molar-refractivity contribution < 1.29 is 4.57 Å². The highest BCUT2D eigenvalue weighted by Crippen LogP contribution is 2.42. The number of hydrogen-bond donors (Lipinski definition) is 0. The average molecular weight is 486 g/mol. The van der Waals surface area contributed by atoms with Gasteiger partial charge in [0.25, 0.3) is 5.82 Å². The van der Waals surface area contributed by atoms with Gasteiger partial charge in [0.05, 0.1) is 5.56 Å². The van der Waals surface area contributed by atoms with Gasteiger partial charge in [-0.15, -0.1) is 0 Å². The SMILES string of the molecule is CCCC(CCC)c1cccc(C2CCCCC2)c1-n1cc[n+](C(C)C(C)C)c1-c1ccccc1C. The predicted molar refractivity (Wildman–Crippen MR) is 154 cm³/mol. The number of hydrogen-bond acceptors (Lipinski definition) is 0. The van der Waals surface area contributed by atoms with E-state index in [0.29, 0.717) is 23.8 Å². The van der Waals surface area contributed by atoms with E-state index in [9.17, 15) is 0 Å². The summed E-state index contributed by atoms with van der Waals surface area (Å²) < 4.78 is 5.14.